The van der Waals surface area contributed by atoms with E-state index in [-0.39, 0.29) is 5.56 Å². The Morgan fingerprint density at radius 2 is 2.05 bits per heavy atom. The lowest BCUT2D eigenvalue weighted by Gasteiger charge is -2.09. The third-order valence-electron chi connectivity index (χ3n) is 2.29. The SMILES string of the molecule is COCCOCCCOc1ccc(I)cc1C(=O)O. The van der Waals surface area contributed by atoms with Gasteiger partial charge in [-0.3, -0.25) is 0 Å². The van der Waals surface area contributed by atoms with E-state index in [1.807, 2.05) is 6.07 Å². The molecule has 0 saturated carbocycles. The Labute approximate surface area is 126 Å². The molecule has 0 aliphatic carbocycles. The lowest BCUT2D eigenvalue weighted by atomic mass is 10.2. The lowest BCUT2D eigenvalue weighted by molar-refractivity contribution is 0.0637. The van der Waals surface area contributed by atoms with Gasteiger partial charge < -0.3 is 19.3 Å². The molecule has 0 heterocycles. The molecule has 0 radical (unpaired) electrons. The van der Waals surface area contributed by atoms with Crippen molar-refractivity contribution in [2.45, 2.75) is 6.42 Å². The highest BCUT2D eigenvalue weighted by Crippen LogP contribution is 2.21. The number of carboxylic acid groups (broad SMARTS) is 1. The van der Waals surface area contributed by atoms with Crippen LogP contribution in [0.4, 0.5) is 0 Å². The molecule has 6 heteroatoms. The maximum absolute atomic E-state index is 11.1. The van der Waals surface area contributed by atoms with Crippen LogP contribution in [0.15, 0.2) is 18.2 Å². The van der Waals surface area contributed by atoms with Crippen LogP contribution >= 0.6 is 22.6 Å². The van der Waals surface area contributed by atoms with Gasteiger partial charge in [-0.15, -0.1) is 0 Å². The van der Waals surface area contributed by atoms with E-state index in [0.29, 0.717) is 38.6 Å². The second-order valence-corrected chi connectivity index (χ2v) is 5.00. The molecular weight excluding hydrogens is 363 g/mol. The second kappa shape index (κ2) is 9.11. The first-order valence-corrected chi connectivity index (χ1v) is 6.95. The van der Waals surface area contributed by atoms with Crippen molar-refractivity contribution in [2.75, 3.05) is 33.5 Å². The summed E-state index contributed by atoms with van der Waals surface area (Å²) in [5.41, 5.74) is 0.187. The molecule has 1 rings (SSSR count). The molecule has 1 aromatic carbocycles. The van der Waals surface area contributed by atoms with E-state index in [1.165, 1.54) is 0 Å². The highest BCUT2D eigenvalue weighted by atomic mass is 127. The van der Waals surface area contributed by atoms with E-state index in [2.05, 4.69) is 22.6 Å². The smallest absolute Gasteiger partial charge is 0.339 e. The summed E-state index contributed by atoms with van der Waals surface area (Å²) < 4.78 is 16.5. The van der Waals surface area contributed by atoms with E-state index in [4.69, 9.17) is 19.3 Å². The molecule has 1 N–H and O–H groups in total. The molecule has 5 nitrogen and oxygen atoms in total. The molecule has 0 bridgehead atoms. The van der Waals surface area contributed by atoms with Crippen LogP contribution in [0.5, 0.6) is 5.75 Å². The second-order valence-electron chi connectivity index (χ2n) is 3.75. The van der Waals surface area contributed by atoms with Crippen molar-refractivity contribution >= 4 is 28.6 Å². The quantitative estimate of drug-likeness (QED) is 0.527. The number of methoxy groups -OCH3 is 1. The molecular formula is C13H17IO5. The number of aromatic carboxylic acids is 1. The van der Waals surface area contributed by atoms with Gasteiger partial charge in [-0.05, 0) is 40.8 Å². The van der Waals surface area contributed by atoms with Gasteiger partial charge in [-0.1, -0.05) is 0 Å². The molecule has 0 saturated heterocycles. The fraction of sp³-hybridized carbons (Fsp3) is 0.462. The summed E-state index contributed by atoms with van der Waals surface area (Å²) in [6.07, 6.45) is 0.703. The number of carbonyl (C=O) groups is 1. The zero-order valence-electron chi connectivity index (χ0n) is 10.7. The number of carboxylic acids is 1. The maximum atomic E-state index is 11.1. The number of hydrogen-bond donors (Lipinski definition) is 1. The standard InChI is InChI=1S/C13H17IO5/c1-17-7-8-18-5-2-6-19-12-4-3-10(14)9-11(12)13(15)16/h3-4,9H,2,5-8H2,1H3,(H,15,16). The third-order valence-corrected chi connectivity index (χ3v) is 2.97. The number of hydrogen-bond acceptors (Lipinski definition) is 4. The Hall–Kier alpha value is -0.860. The summed E-state index contributed by atoms with van der Waals surface area (Å²) >= 11 is 2.07. The van der Waals surface area contributed by atoms with Crippen LogP contribution in [0, 0.1) is 3.57 Å². The van der Waals surface area contributed by atoms with Crippen molar-refractivity contribution in [1.82, 2.24) is 0 Å². The summed E-state index contributed by atoms with van der Waals surface area (Å²) in [7, 11) is 1.62. The zero-order valence-corrected chi connectivity index (χ0v) is 12.9. The Kier molecular flexibility index (Phi) is 7.76. The number of halogens is 1. The van der Waals surface area contributed by atoms with Crippen LogP contribution in [0.25, 0.3) is 0 Å². The number of benzene rings is 1. The fourth-order valence-corrected chi connectivity index (χ4v) is 1.87. The van der Waals surface area contributed by atoms with Gasteiger partial charge >= 0.3 is 5.97 Å². The molecule has 0 aliphatic heterocycles. The Morgan fingerprint density at radius 3 is 2.74 bits per heavy atom. The Morgan fingerprint density at radius 1 is 1.26 bits per heavy atom. The van der Waals surface area contributed by atoms with Gasteiger partial charge in [0.2, 0.25) is 0 Å². The minimum absolute atomic E-state index is 0.187. The van der Waals surface area contributed by atoms with Gasteiger partial charge in [0.15, 0.2) is 0 Å². The van der Waals surface area contributed by atoms with Crippen LogP contribution in [-0.4, -0.2) is 44.6 Å². The minimum atomic E-state index is -0.982. The molecule has 0 fully saturated rings. The number of rotatable bonds is 9. The predicted octanol–water partition coefficient (Wildman–Crippen LogP) is 2.42. The number of ether oxygens (including phenoxy) is 3. The van der Waals surface area contributed by atoms with Crippen molar-refractivity contribution in [3.63, 3.8) is 0 Å². The monoisotopic (exact) mass is 380 g/mol. The van der Waals surface area contributed by atoms with Gasteiger partial charge in [0.25, 0.3) is 0 Å². The molecule has 0 aliphatic rings. The van der Waals surface area contributed by atoms with Gasteiger partial charge in [0, 0.05) is 23.7 Å². The van der Waals surface area contributed by atoms with Gasteiger partial charge in [0.1, 0.15) is 11.3 Å². The summed E-state index contributed by atoms with van der Waals surface area (Å²) in [5.74, 6) is -0.588. The molecule has 0 amide bonds. The van der Waals surface area contributed by atoms with Crippen LogP contribution in [-0.2, 0) is 9.47 Å². The van der Waals surface area contributed by atoms with Crippen LogP contribution in [0.2, 0.25) is 0 Å². The molecule has 106 valence electrons. The molecule has 1 aromatic rings. The Bertz CT molecular complexity index is 408. The minimum Gasteiger partial charge on any atom is -0.493 e. The van der Waals surface area contributed by atoms with Crippen molar-refractivity contribution < 1.29 is 24.1 Å². The first-order valence-electron chi connectivity index (χ1n) is 5.87. The average molecular weight is 380 g/mol. The predicted molar refractivity (Wildman–Crippen MR) is 78.9 cm³/mol. The lowest BCUT2D eigenvalue weighted by Crippen LogP contribution is -2.08. The first-order chi connectivity index (χ1) is 9.15. The van der Waals surface area contributed by atoms with Crippen molar-refractivity contribution in [2.24, 2.45) is 0 Å². The normalized spacial score (nSPS) is 10.4. The topological polar surface area (TPSA) is 65.0 Å². The molecule has 0 unspecified atom stereocenters. The highest BCUT2D eigenvalue weighted by molar-refractivity contribution is 14.1. The molecule has 19 heavy (non-hydrogen) atoms. The van der Waals surface area contributed by atoms with Gasteiger partial charge in [0.05, 0.1) is 19.8 Å². The molecule has 0 atom stereocenters. The highest BCUT2D eigenvalue weighted by Gasteiger charge is 2.11. The van der Waals surface area contributed by atoms with Crippen molar-refractivity contribution in [3.8, 4) is 5.75 Å². The molecule has 0 aromatic heterocycles. The summed E-state index contributed by atoms with van der Waals surface area (Å²) in [6.45, 7) is 2.12. The molecule has 0 spiro atoms. The average Bonchev–Trinajstić information content (AvgIpc) is 2.39. The van der Waals surface area contributed by atoms with E-state index in [1.54, 1.807) is 19.2 Å². The van der Waals surface area contributed by atoms with E-state index in [9.17, 15) is 4.79 Å². The van der Waals surface area contributed by atoms with Crippen LogP contribution in [0.3, 0.4) is 0 Å². The van der Waals surface area contributed by atoms with E-state index in [0.717, 1.165) is 3.57 Å². The van der Waals surface area contributed by atoms with Crippen LogP contribution < -0.4 is 4.74 Å². The van der Waals surface area contributed by atoms with E-state index < -0.39 is 5.97 Å². The van der Waals surface area contributed by atoms with Gasteiger partial charge in [-0.25, -0.2) is 4.79 Å². The first kappa shape index (κ1) is 16.2. The largest absolute Gasteiger partial charge is 0.493 e. The van der Waals surface area contributed by atoms with Gasteiger partial charge in [-0.2, -0.15) is 0 Å². The summed E-state index contributed by atoms with van der Waals surface area (Å²) in [6, 6.07) is 5.09. The van der Waals surface area contributed by atoms with Crippen molar-refractivity contribution in [1.29, 1.82) is 0 Å². The maximum Gasteiger partial charge on any atom is 0.339 e. The van der Waals surface area contributed by atoms with Crippen LogP contribution in [0.1, 0.15) is 16.8 Å². The third kappa shape index (κ3) is 6.22. The van der Waals surface area contributed by atoms with Crippen molar-refractivity contribution in [3.05, 3.63) is 27.3 Å². The zero-order chi connectivity index (χ0) is 14.1. The Balaban J connectivity index is 2.35. The fourth-order valence-electron chi connectivity index (χ4n) is 1.38. The van der Waals surface area contributed by atoms with E-state index >= 15 is 0 Å². The summed E-state index contributed by atoms with van der Waals surface area (Å²) in [5, 5.41) is 9.07. The summed E-state index contributed by atoms with van der Waals surface area (Å²) in [4.78, 5) is 11.1.